The molecule has 184 valence electrons. The first-order valence-electron chi connectivity index (χ1n) is 12.1. The molecule has 1 aromatic carbocycles. The van der Waals surface area contributed by atoms with Gasteiger partial charge in [-0.1, -0.05) is 30.3 Å². The van der Waals surface area contributed by atoms with Crippen LogP contribution in [0.1, 0.15) is 72.3 Å². The van der Waals surface area contributed by atoms with Gasteiger partial charge in [0.2, 0.25) is 0 Å². The van der Waals surface area contributed by atoms with Crippen LogP contribution in [0.4, 0.5) is 4.79 Å². The van der Waals surface area contributed by atoms with Crippen molar-refractivity contribution >= 4 is 12.1 Å². The first-order chi connectivity index (χ1) is 15.5. The number of ether oxygens (including phenoxy) is 3. The molecule has 1 saturated carbocycles. The Bertz CT molecular complexity index is 782. The van der Waals surface area contributed by atoms with E-state index in [1.54, 1.807) is 0 Å². The molecule has 0 bridgehead atoms. The minimum absolute atomic E-state index is 0.0678. The maximum Gasteiger partial charge on any atom is 0.410 e. The number of amides is 1. The predicted octanol–water partition coefficient (Wildman–Crippen LogP) is 4.64. The molecule has 0 spiro atoms. The molecule has 1 aliphatic carbocycles. The van der Waals surface area contributed by atoms with Crippen LogP contribution in [0, 0.1) is 5.92 Å². The van der Waals surface area contributed by atoms with Crippen molar-refractivity contribution < 1.29 is 23.8 Å². The van der Waals surface area contributed by atoms with Crippen LogP contribution in [0.3, 0.4) is 0 Å². The normalized spacial score (nSPS) is 24.8. The molecule has 7 heteroatoms. The number of nitrogens with one attached hydrogen (secondary N) is 1. The molecule has 7 nitrogen and oxygen atoms in total. The van der Waals surface area contributed by atoms with E-state index in [-0.39, 0.29) is 35.8 Å². The number of rotatable bonds is 7. The molecule has 1 unspecified atom stereocenters. The molecule has 33 heavy (non-hydrogen) atoms. The molecule has 0 radical (unpaired) electrons. The maximum atomic E-state index is 13.0. The van der Waals surface area contributed by atoms with E-state index in [9.17, 15) is 9.59 Å². The van der Waals surface area contributed by atoms with E-state index in [2.05, 4.69) is 5.32 Å². The molecule has 1 saturated heterocycles. The van der Waals surface area contributed by atoms with Gasteiger partial charge in [0.05, 0.1) is 12.6 Å². The number of carbonyl (C=O) groups excluding carboxylic acids is 2. The van der Waals surface area contributed by atoms with Crippen LogP contribution in [-0.4, -0.2) is 53.5 Å². The zero-order valence-electron chi connectivity index (χ0n) is 20.8. The summed E-state index contributed by atoms with van der Waals surface area (Å²) in [5.41, 5.74) is 0.0610. The Morgan fingerprint density at radius 3 is 2.36 bits per heavy atom. The standard InChI is InChI=1S/C26H40N2O5/c1-25(2,3)33-24(30)28(16-21-18-32-26(4,5)27-21)22-13-11-19(12-14-22)15-23(29)31-17-20-9-7-6-8-10-20/h6-10,19,21-22,27H,11-18H2,1-5H3. The quantitative estimate of drug-likeness (QED) is 0.598. The second-order valence-corrected chi connectivity index (χ2v) is 10.8. The lowest BCUT2D eigenvalue weighted by Gasteiger charge is -2.38. The molecular weight excluding hydrogens is 420 g/mol. The highest BCUT2D eigenvalue weighted by atomic mass is 16.6. The van der Waals surface area contributed by atoms with Gasteiger partial charge in [0.1, 0.15) is 17.9 Å². The van der Waals surface area contributed by atoms with Gasteiger partial charge in [-0.2, -0.15) is 0 Å². The fraction of sp³-hybridized carbons (Fsp3) is 0.692. The Labute approximate surface area is 198 Å². The molecule has 1 atom stereocenters. The number of hydrogen-bond donors (Lipinski definition) is 1. The third-order valence-electron chi connectivity index (χ3n) is 6.20. The van der Waals surface area contributed by atoms with Crippen molar-refractivity contribution in [2.24, 2.45) is 5.92 Å². The summed E-state index contributed by atoms with van der Waals surface area (Å²) >= 11 is 0. The molecule has 1 N–H and O–H groups in total. The molecule has 1 aliphatic heterocycles. The lowest BCUT2D eigenvalue weighted by molar-refractivity contribution is -0.146. The van der Waals surface area contributed by atoms with E-state index < -0.39 is 5.60 Å². The SMILES string of the molecule is CC(C)(C)OC(=O)N(CC1COC(C)(C)N1)C1CCC(CC(=O)OCc2ccccc2)CC1. The van der Waals surface area contributed by atoms with Gasteiger partial charge < -0.3 is 19.1 Å². The Balaban J connectivity index is 1.51. The van der Waals surface area contributed by atoms with Crippen molar-refractivity contribution in [3.63, 3.8) is 0 Å². The van der Waals surface area contributed by atoms with Crippen LogP contribution < -0.4 is 5.32 Å². The van der Waals surface area contributed by atoms with Crippen LogP contribution in [0.2, 0.25) is 0 Å². The van der Waals surface area contributed by atoms with E-state index >= 15 is 0 Å². The minimum Gasteiger partial charge on any atom is -0.461 e. The maximum absolute atomic E-state index is 13.0. The number of hydrogen-bond acceptors (Lipinski definition) is 6. The van der Waals surface area contributed by atoms with Gasteiger partial charge >= 0.3 is 12.1 Å². The van der Waals surface area contributed by atoms with Gasteiger partial charge in [-0.25, -0.2) is 4.79 Å². The molecule has 2 aliphatic rings. The molecule has 2 fully saturated rings. The van der Waals surface area contributed by atoms with Crippen LogP contribution in [0.15, 0.2) is 30.3 Å². The number of nitrogens with zero attached hydrogens (tertiary/aromatic N) is 1. The summed E-state index contributed by atoms with van der Waals surface area (Å²) in [6.45, 7) is 11.1. The first-order valence-corrected chi connectivity index (χ1v) is 12.1. The zero-order valence-corrected chi connectivity index (χ0v) is 20.8. The summed E-state index contributed by atoms with van der Waals surface area (Å²) in [4.78, 5) is 27.2. The van der Waals surface area contributed by atoms with Gasteiger partial charge in [-0.3, -0.25) is 10.1 Å². The van der Waals surface area contributed by atoms with Gasteiger partial charge in [0.15, 0.2) is 0 Å². The van der Waals surface area contributed by atoms with E-state index in [1.165, 1.54) is 0 Å². The average Bonchev–Trinajstić information content (AvgIpc) is 3.09. The van der Waals surface area contributed by atoms with E-state index in [4.69, 9.17) is 14.2 Å². The van der Waals surface area contributed by atoms with Crippen LogP contribution in [0.5, 0.6) is 0 Å². The summed E-state index contributed by atoms with van der Waals surface area (Å²) in [7, 11) is 0. The molecule has 3 rings (SSSR count). The van der Waals surface area contributed by atoms with E-state index in [0.717, 1.165) is 31.2 Å². The monoisotopic (exact) mass is 460 g/mol. The second kappa shape index (κ2) is 10.9. The zero-order chi connectivity index (χ0) is 24.1. The van der Waals surface area contributed by atoms with Gasteiger partial charge in [0, 0.05) is 19.0 Å². The van der Waals surface area contributed by atoms with Gasteiger partial charge in [-0.15, -0.1) is 0 Å². The molecule has 1 heterocycles. The summed E-state index contributed by atoms with van der Waals surface area (Å²) < 4.78 is 17.0. The highest BCUT2D eigenvalue weighted by Gasteiger charge is 2.37. The number of esters is 1. The second-order valence-electron chi connectivity index (χ2n) is 10.8. The van der Waals surface area contributed by atoms with Crippen LogP contribution in [0.25, 0.3) is 0 Å². The lowest BCUT2D eigenvalue weighted by Crippen LogP contribution is -2.51. The number of benzene rings is 1. The van der Waals surface area contributed by atoms with Crippen molar-refractivity contribution in [1.82, 2.24) is 10.2 Å². The molecule has 1 aromatic rings. The fourth-order valence-electron chi connectivity index (χ4n) is 4.61. The highest BCUT2D eigenvalue weighted by Crippen LogP contribution is 2.31. The Hall–Kier alpha value is -2.12. The van der Waals surface area contributed by atoms with Crippen LogP contribution in [-0.2, 0) is 25.6 Å². The Kier molecular flexibility index (Phi) is 8.40. The van der Waals surface area contributed by atoms with Crippen molar-refractivity contribution in [1.29, 1.82) is 0 Å². The smallest absolute Gasteiger partial charge is 0.410 e. The molecule has 0 aromatic heterocycles. The average molecular weight is 461 g/mol. The van der Waals surface area contributed by atoms with Gasteiger partial charge in [-0.05, 0) is 71.8 Å². The fourth-order valence-corrected chi connectivity index (χ4v) is 4.61. The summed E-state index contributed by atoms with van der Waals surface area (Å²) in [5.74, 6) is 0.137. The number of carbonyl (C=O) groups is 2. The van der Waals surface area contributed by atoms with Gasteiger partial charge in [0.25, 0.3) is 0 Å². The van der Waals surface area contributed by atoms with Crippen molar-refractivity contribution in [3.8, 4) is 0 Å². The lowest BCUT2D eigenvalue weighted by atomic mass is 9.83. The summed E-state index contributed by atoms with van der Waals surface area (Å²) in [6, 6.07) is 9.90. The predicted molar refractivity (Wildman–Crippen MR) is 126 cm³/mol. The molecule has 1 amide bonds. The first kappa shape index (κ1) is 25.5. The van der Waals surface area contributed by atoms with Crippen molar-refractivity contribution in [2.75, 3.05) is 13.2 Å². The van der Waals surface area contributed by atoms with Crippen molar-refractivity contribution in [2.45, 2.75) is 96.7 Å². The van der Waals surface area contributed by atoms with Crippen molar-refractivity contribution in [3.05, 3.63) is 35.9 Å². The van der Waals surface area contributed by atoms with E-state index in [1.807, 2.05) is 69.9 Å². The highest BCUT2D eigenvalue weighted by molar-refractivity contribution is 5.70. The summed E-state index contributed by atoms with van der Waals surface area (Å²) in [6.07, 6.45) is 3.65. The largest absolute Gasteiger partial charge is 0.461 e. The Morgan fingerprint density at radius 2 is 1.79 bits per heavy atom. The molecular formula is C26H40N2O5. The third-order valence-corrected chi connectivity index (χ3v) is 6.20. The third kappa shape index (κ3) is 8.31. The summed E-state index contributed by atoms with van der Waals surface area (Å²) in [5, 5.41) is 3.45. The van der Waals surface area contributed by atoms with Crippen LogP contribution >= 0.6 is 0 Å². The Morgan fingerprint density at radius 1 is 1.12 bits per heavy atom. The van der Waals surface area contributed by atoms with E-state index in [0.29, 0.717) is 26.2 Å². The minimum atomic E-state index is -0.548. The topological polar surface area (TPSA) is 77.1 Å².